The maximum Gasteiger partial charge on any atom is 0.0303 e. The second kappa shape index (κ2) is 4.96. The fraction of sp³-hybridized carbons (Fsp3) is 0.643. The highest BCUT2D eigenvalue weighted by Crippen LogP contribution is 2.38. The van der Waals surface area contributed by atoms with Gasteiger partial charge in [0.2, 0.25) is 0 Å². The molecule has 3 unspecified atom stereocenters. The summed E-state index contributed by atoms with van der Waals surface area (Å²) in [5.41, 5.74) is 7.57. The van der Waals surface area contributed by atoms with Crippen molar-refractivity contribution in [3.05, 3.63) is 30.1 Å². The van der Waals surface area contributed by atoms with Gasteiger partial charge in [-0.2, -0.15) is 0 Å². The first-order valence-corrected chi connectivity index (χ1v) is 6.34. The van der Waals surface area contributed by atoms with Gasteiger partial charge < -0.3 is 5.73 Å². The first kappa shape index (κ1) is 11.6. The van der Waals surface area contributed by atoms with Crippen LogP contribution in [-0.2, 0) is 0 Å². The number of nitrogens with zero attached hydrogens (tertiary/aromatic N) is 1. The quantitative estimate of drug-likeness (QED) is 0.829. The first-order valence-electron chi connectivity index (χ1n) is 6.34. The third-order valence-corrected chi connectivity index (χ3v) is 4.00. The maximum atomic E-state index is 6.25. The van der Waals surface area contributed by atoms with Gasteiger partial charge in [-0.25, -0.2) is 0 Å². The minimum Gasteiger partial charge on any atom is -0.327 e. The Bertz CT molecular complexity index is 321. The number of aromatic nitrogens is 1. The predicted octanol–water partition coefficient (Wildman–Crippen LogP) is 2.95. The number of hydrogen-bond acceptors (Lipinski definition) is 2. The SMILES string of the molecule is CC(C)C1CCC(N)C(c2cccnc2)C1. The Kier molecular flexibility index (Phi) is 3.59. The highest BCUT2D eigenvalue weighted by Gasteiger charge is 2.30. The van der Waals surface area contributed by atoms with Crippen LogP contribution < -0.4 is 5.73 Å². The molecule has 2 N–H and O–H groups in total. The van der Waals surface area contributed by atoms with Crippen LogP contribution in [0.2, 0.25) is 0 Å². The second-order valence-electron chi connectivity index (χ2n) is 5.37. The molecule has 0 spiro atoms. The van der Waals surface area contributed by atoms with Crippen LogP contribution in [0.15, 0.2) is 24.5 Å². The monoisotopic (exact) mass is 218 g/mol. The van der Waals surface area contributed by atoms with E-state index in [4.69, 9.17) is 5.73 Å². The van der Waals surface area contributed by atoms with Gasteiger partial charge in [-0.1, -0.05) is 19.9 Å². The Morgan fingerprint density at radius 3 is 2.81 bits per heavy atom. The summed E-state index contributed by atoms with van der Waals surface area (Å²) in [5.74, 6) is 2.10. The van der Waals surface area contributed by atoms with E-state index >= 15 is 0 Å². The largest absolute Gasteiger partial charge is 0.327 e. The Balaban J connectivity index is 2.13. The van der Waals surface area contributed by atoms with Crippen molar-refractivity contribution in [2.45, 2.75) is 45.1 Å². The lowest BCUT2D eigenvalue weighted by Crippen LogP contribution is -2.35. The summed E-state index contributed by atoms with van der Waals surface area (Å²) >= 11 is 0. The third-order valence-electron chi connectivity index (χ3n) is 4.00. The summed E-state index contributed by atoms with van der Waals surface area (Å²) in [6.45, 7) is 4.64. The van der Waals surface area contributed by atoms with Crippen LogP contribution in [0.4, 0.5) is 0 Å². The average Bonchev–Trinajstić information content (AvgIpc) is 2.30. The fourth-order valence-electron chi connectivity index (χ4n) is 2.81. The van der Waals surface area contributed by atoms with E-state index in [2.05, 4.69) is 24.9 Å². The van der Waals surface area contributed by atoms with Gasteiger partial charge >= 0.3 is 0 Å². The highest BCUT2D eigenvalue weighted by atomic mass is 14.7. The van der Waals surface area contributed by atoms with Gasteiger partial charge in [0, 0.05) is 24.4 Å². The standard InChI is InChI=1S/C14H22N2/c1-10(2)11-5-6-14(15)13(8-11)12-4-3-7-16-9-12/h3-4,7,9-11,13-14H,5-6,8,15H2,1-2H3. The molecule has 2 nitrogen and oxygen atoms in total. The van der Waals surface area contributed by atoms with E-state index in [9.17, 15) is 0 Å². The second-order valence-corrected chi connectivity index (χ2v) is 5.37. The molecule has 88 valence electrons. The molecular weight excluding hydrogens is 196 g/mol. The molecule has 1 aromatic rings. The van der Waals surface area contributed by atoms with Gasteiger partial charge in [-0.05, 0) is 42.7 Å². The Morgan fingerprint density at radius 1 is 1.38 bits per heavy atom. The molecule has 1 heterocycles. The van der Waals surface area contributed by atoms with Crippen molar-refractivity contribution in [3.8, 4) is 0 Å². The van der Waals surface area contributed by atoms with Crippen molar-refractivity contribution in [2.75, 3.05) is 0 Å². The number of pyridine rings is 1. The molecule has 1 aliphatic carbocycles. The van der Waals surface area contributed by atoms with E-state index in [0.717, 1.165) is 18.3 Å². The van der Waals surface area contributed by atoms with Crippen molar-refractivity contribution in [3.63, 3.8) is 0 Å². The zero-order chi connectivity index (χ0) is 11.5. The molecule has 1 aliphatic rings. The van der Waals surface area contributed by atoms with Crippen molar-refractivity contribution in [1.82, 2.24) is 4.98 Å². The van der Waals surface area contributed by atoms with E-state index in [0.29, 0.717) is 12.0 Å². The molecule has 2 rings (SSSR count). The van der Waals surface area contributed by atoms with Crippen molar-refractivity contribution in [1.29, 1.82) is 0 Å². The Hall–Kier alpha value is -0.890. The number of hydrogen-bond donors (Lipinski definition) is 1. The van der Waals surface area contributed by atoms with Gasteiger partial charge in [0.1, 0.15) is 0 Å². The normalized spacial score (nSPS) is 30.6. The van der Waals surface area contributed by atoms with E-state index in [-0.39, 0.29) is 0 Å². The molecule has 1 saturated carbocycles. The fourth-order valence-corrected chi connectivity index (χ4v) is 2.81. The van der Waals surface area contributed by atoms with Crippen LogP contribution in [0, 0.1) is 11.8 Å². The number of nitrogens with two attached hydrogens (primary N) is 1. The summed E-state index contributed by atoms with van der Waals surface area (Å²) in [6, 6.07) is 4.50. The molecule has 1 aromatic heterocycles. The third kappa shape index (κ3) is 2.43. The molecule has 0 bridgehead atoms. The molecule has 2 heteroatoms. The molecular formula is C14H22N2. The molecule has 1 fully saturated rings. The van der Waals surface area contributed by atoms with Crippen molar-refractivity contribution >= 4 is 0 Å². The van der Waals surface area contributed by atoms with E-state index in [1.807, 2.05) is 18.5 Å². The van der Waals surface area contributed by atoms with Crippen molar-refractivity contribution < 1.29 is 0 Å². The Morgan fingerprint density at radius 2 is 2.19 bits per heavy atom. The van der Waals surface area contributed by atoms with Crippen LogP contribution in [0.1, 0.15) is 44.6 Å². The molecule has 0 aliphatic heterocycles. The summed E-state index contributed by atoms with van der Waals surface area (Å²) in [6.07, 6.45) is 7.48. The molecule has 3 atom stereocenters. The topological polar surface area (TPSA) is 38.9 Å². The molecule has 0 radical (unpaired) electrons. The lowest BCUT2D eigenvalue weighted by Gasteiger charge is -2.36. The van der Waals surface area contributed by atoms with Gasteiger partial charge in [0.15, 0.2) is 0 Å². The van der Waals surface area contributed by atoms with Crippen LogP contribution in [0.5, 0.6) is 0 Å². The average molecular weight is 218 g/mol. The lowest BCUT2D eigenvalue weighted by molar-refractivity contribution is 0.232. The zero-order valence-corrected chi connectivity index (χ0v) is 10.3. The molecule has 0 aromatic carbocycles. The minimum atomic E-state index is 0.319. The van der Waals surface area contributed by atoms with E-state index in [1.54, 1.807) is 0 Å². The summed E-state index contributed by atoms with van der Waals surface area (Å²) in [7, 11) is 0. The molecule has 0 amide bonds. The van der Waals surface area contributed by atoms with E-state index in [1.165, 1.54) is 18.4 Å². The smallest absolute Gasteiger partial charge is 0.0303 e. The van der Waals surface area contributed by atoms with Gasteiger partial charge in [0.05, 0.1) is 0 Å². The lowest BCUT2D eigenvalue weighted by atomic mass is 9.72. The van der Waals surface area contributed by atoms with Crippen LogP contribution in [-0.4, -0.2) is 11.0 Å². The first-order chi connectivity index (χ1) is 7.68. The minimum absolute atomic E-state index is 0.319. The Labute approximate surface area is 98.3 Å². The summed E-state index contributed by atoms with van der Waals surface area (Å²) < 4.78 is 0. The molecule has 0 saturated heterocycles. The predicted molar refractivity (Wildman–Crippen MR) is 67.1 cm³/mol. The van der Waals surface area contributed by atoms with Gasteiger partial charge in [0.25, 0.3) is 0 Å². The summed E-state index contributed by atoms with van der Waals surface area (Å²) in [5, 5.41) is 0. The highest BCUT2D eigenvalue weighted by molar-refractivity contribution is 5.18. The van der Waals surface area contributed by atoms with Crippen LogP contribution >= 0.6 is 0 Å². The molecule has 16 heavy (non-hydrogen) atoms. The van der Waals surface area contributed by atoms with E-state index < -0.39 is 0 Å². The van der Waals surface area contributed by atoms with Crippen LogP contribution in [0.3, 0.4) is 0 Å². The van der Waals surface area contributed by atoms with Gasteiger partial charge in [-0.15, -0.1) is 0 Å². The maximum absolute atomic E-state index is 6.25. The van der Waals surface area contributed by atoms with Crippen LogP contribution in [0.25, 0.3) is 0 Å². The van der Waals surface area contributed by atoms with Crippen molar-refractivity contribution in [2.24, 2.45) is 17.6 Å². The zero-order valence-electron chi connectivity index (χ0n) is 10.3. The number of rotatable bonds is 2. The summed E-state index contributed by atoms with van der Waals surface area (Å²) in [4.78, 5) is 4.21. The van der Waals surface area contributed by atoms with Gasteiger partial charge in [-0.3, -0.25) is 4.98 Å².